The van der Waals surface area contributed by atoms with Crippen LogP contribution in [-0.4, -0.2) is 14.2 Å². The summed E-state index contributed by atoms with van der Waals surface area (Å²) in [6, 6.07) is 17.6. The van der Waals surface area contributed by atoms with E-state index in [1.165, 1.54) is 10.7 Å². The van der Waals surface area contributed by atoms with Gasteiger partial charge in [0, 0.05) is 22.7 Å². The van der Waals surface area contributed by atoms with E-state index in [9.17, 15) is 18.0 Å². The highest BCUT2D eigenvalue weighted by atomic mass is 35.5. The standard InChI is InChI=1S/C19H11ClF3N3O/c20-13-7-4-8-14(9-13)25-15(12-5-2-1-3-6-12)10-17-24-16(19(21,22)23)11-18(27)26(17)25/h1-11H. The van der Waals surface area contributed by atoms with Gasteiger partial charge in [0.2, 0.25) is 0 Å². The third-order valence-corrected chi connectivity index (χ3v) is 4.26. The quantitative estimate of drug-likeness (QED) is 0.493. The maximum absolute atomic E-state index is 13.1. The molecule has 8 heteroatoms. The number of halogens is 4. The Morgan fingerprint density at radius 1 is 0.926 bits per heavy atom. The Morgan fingerprint density at radius 3 is 2.33 bits per heavy atom. The second-order valence-corrected chi connectivity index (χ2v) is 6.27. The van der Waals surface area contributed by atoms with Gasteiger partial charge in [0.1, 0.15) is 0 Å². The van der Waals surface area contributed by atoms with E-state index in [0.717, 1.165) is 10.1 Å². The molecule has 0 saturated carbocycles. The second-order valence-electron chi connectivity index (χ2n) is 5.83. The molecule has 0 N–H and O–H groups in total. The monoisotopic (exact) mass is 389 g/mol. The van der Waals surface area contributed by atoms with Gasteiger partial charge >= 0.3 is 6.18 Å². The van der Waals surface area contributed by atoms with Gasteiger partial charge in [-0.05, 0) is 18.2 Å². The lowest BCUT2D eigenvalue weighted by Gasteiger charge is -2.12. The summed E-state index contributed by atoms with van der Waals surface area (Å²) in [5, 5.41) is 0.432. The Morgan fingerprint density at radius 2 is 1.67 bits per heavy atom. The van der Waals surface area contributed by atoms with Crippen molar-refractivity contribution < 1.29 is 13.2 Å². The van der Waals surface area contributed by atoms with Crippen LogP contribution in [0.1, 0.15) is 5.69 Å². The first-order valence-electron chi connectivity index (χ1n) is 7.89. The maximum Gasteiger partial charge on any atom is 0.433 e. The summed E-state index contributed by atoms with van der Waals surface area (Å²) in [6.45, 7) is 0. The van der Waals surface area contributed by atoms with Crippen LogP contribution in [0.4, 0.5) is 13.2 Å². The summed E-state index contributed by atoms with van der Waals surface area (Å²) in [5.41, 5.74) is -0.406. The van der Waals surface area contributed by atoms with Crippen molar-refractivity contribution in [2.45, 2.75) is 6.18 Å². The Hall–Kier alpha value is -3.06. The lowest BCUT2D eigenvalue weighted by molar-refractivity contribution is -0.141. The predicted octanol–water partition coefficient (Wildman–Crippen LogP) is 4.82. The van der Waals surface area contributed by atoms with Crippen LogP contribution in [0.5, 0.6) is 0 Å². The Labute approximate surface area is 156 Å². The molecule has 4 rings (SSSR count). The van der Waals surface area contributed by atoms with Crippen molar-refractivity contribution in [2.75, 3.05) is 0 Å². The second kappa shape index (κ2) is 6.28. The van der Waals surface area contributed by atoms with Crippen LogP contribution in [0, 0.1) is 0 Å². The highest BCUT2D eigenvalue weighted by molar-refractivity contribution is 6.30. The number of aromatic nitrogens is 3. The number of nitrogens with zero attached hydrogens (tertiary/aromatic N) is 3. The summed E-state index contributed by atoms with van der Waals surface area (Å²) >= 11 is 6.07. The lowest BCUT2D eigenvalue weighted by Crippen LogP contribution is -2.23. The SMILES string of the molecule is O=c1cc(C(F)(F)F)nc2cc(-c3ccccc3)n(-c3cccc(Cl)c3)n12. The minimum absolute atomic E-state index is 0.103. The van der Waals surface area contributed by atoms with E-state index in [1.807, 2.05) is 6.07 Å². The van der Waals surface area contributed by atoms with Gasteiger partial charge in [0.25, 0.3) is 5.56 Å². The molecule has 0 amide bonds. The van der Waals surface area contributed by atoms with Crippen molar-refractivity contribution in [3.8, 4) is 16.9 Å². The zero-order valence-corrected chi connectivity index (χ0v) is 14.4. The number of hydrogen-bond acceptors (Lipinski definition) is 2. The van der Waals surface area contributed by atoms with E-state index < -0.39 is 17.4 Å². The number of fused-ring (bicyclic) bond motifs is 1. The topological polar surface area (TPSA) is 39.3 Å². The van der Waals surface area contributed by atoms with E-state index in [-0.39, 0.29) is 5.65 Å². The van der Waals surface area contributed by atoms with Crippen LogP contribution >= 0.6 is 11.6 Å². The summed E-state index contributed by atoms with van der Waals surface area (Å²) in [7, 11) is 0. The van der Waals surface area contributed by atoms with Crippen LogP contribution in [0.2, 0.25) is 5.02 Å². The Bertz CT molecular complexity index is 1200. The number of benzene rings is 2. The van der Waals surface area contributed by atoms with Crippen molar-refractivity contribution in [2.24, 2.45) is 0 Å². The number of hydrogen-bond donors (Lipinski definition) is 0. The largest absolute Gasteiger partial charge is 0.433 e. The molecule has 4 nitrogen and oxygen atoms in total. The van der Waals surface area contributed by atoms with Crippen molar-refractivity contribution in [1.29, 1.82) is 0 Å². The van der Waals surface area contributed by atoms with Crippen molar-refractivity contribution >= 4 is 17.2 Å². The summed E-state index contributed by atoms with van der Waals surface area (Å²) in [4.78, 5) is 16.2. The molecule has 2 heterocycles. The van der Waals surface area contributed by atoms with Crippen molar-refractivity contribution in [3.05, 3.63) is 87.8 Å². The van der Waals surface area contributed by atoms with E-state index in [1.54, 1.807) is 48.5 Å². The molecule has 0 unspecified atom stereocenters. The first-order valence-corrected chi connectivity index (χ1v) is 8.27. The molecule has 0 fully saturated rings. The van der Waals surface area contributed by atoms with E-state index >= 15 is 0 Å². The van der Waals surface area contributed by atoms with Crippen LogP contribution in [0.3, 0.4) is 0 Å². The first kappa shape index (κ1) is 17.4. The van der Waals surface area contributed by atoms with Crippen LogP contribution < -0.4 is 5.56 Å². The Balaban J connectivity index is 2.11. The Kier molecular flexibility index (Phi) is 4.04. The molecule has 0 bridgehead atoms. The fraction of sp³-hybridized carbons (Fsp3) is 0.0526. The van der Waals surface area contributed by atoms with Gasteiger partial charge in [-0.25, -0.2) is 9.67 Å². The number of alkyl halides is 3. The molecule has 0 aliphatic rings. The molecule has 0 radical (unpaired) electrons. The summed E-state index contributed by atoms with van der Waals surface area (Å²) < 4.78 is 41.8. The third kappa shape index (κ3) is 3.10. The van der Waals surface area contributed by atoms with Gasteiger partial charge < -0.3 is 0 Å². The molecule has 4 aromatic rings. The normalized spacial score (nSPS) is 11.9. The fourth-order valence-electron chi connectivity index (χ4n) is 2.90. The van der Waals surface area contributed by atoms with Crippen LogP contribution in [-0.2, 0) is 6.18 Å². The molecule has 0 saturated heterocycles. The van der Waals surface area contributed by atoms with Crippen LogP contribution in [0.25, 0.3) is 22.6 Å². The average molecular weight is 390 g/mol. The first-order chi connectivity index (χ1) is 12.8. The minimum Gasteiger partial charge on any atom is -0.267 e. The lowest BCUT2D eigenvalue weighted by atomic mass is 10.1. The smallest absolute Gasteiger partial charge is 0.267 e. The van der Waals surface area contributed by atoms with Gasteiger partial charge in [0.15, 0.2) is 11.3 Å². The molecule has 0 spiro atoms. The van der Waals surface area contributed by atoms with E-state index in [0.29, 0.717) is 22.5 Å². The zero-order valence-electron chi connectivity index (χ0n) is 13.6. The van der Waals surface area contributed by atoms with Gasteiger partial charge in [-0.2, -0.15) is 17.7 Å². The maximum atomic E-state index is 13.1. The molecule has 2 aromatic heterocycles. The average Bonchev–Trinajstić information content (AvgIpc) is 3.02. The molecule has 2 aromatic carbocycles. The molecular formula is C19H11ClF3N3O. The molecular weight excluding hydrogens is 379 g/mol. The summed E-state index contributed by atoms with van der Waals surface area (Å²) in [5.74, 6) is 0. The van der Waals surface area contributed by atoms with E-state index in [4.69, 9.17) is 11.6 Å². The van der Waals surface area contributed by atoms with Gasteiger partial charge in [-0.15, -0.1) is 0 Å². The molecule has 27 heavy (non-hydrogen) atoms. The van der Waals surface area contributed by atoms with Gasteiger partial charge in [-0.1, -0.05) is 48.0 Å². The summed E-state index contributed by atoms with van der Waals surface area (Å²) in [6.07, 6.45) is -4.71. The third-order valence-electron chi connectivity index (χ3n) is 4.03. The van der Waals surface area contributed by atoms with Crippen molar-refractivity contribution in [3.63, 3.8) is 0 Å². The van der Waals surface area contributed by atoms with E-state index in [2.05, 4.69) is 4.98 Å². The highest BCUT2D eigenvalue weighted by Crippen LogP contribution is 2.30. The molecule has 0 aliphatic heterocycles. The zero-order chi connectivity index (χ0) is 19.2. The molecule has 0 aliphatic carbocycles. The van der Waals surface area contributed by atoms with Crippen LogP contribution in [0.15, 0.2) is 71.5 Å². The number of rotatable bonds is 2. The molecule has 0 atom stereocenters. The minimum atomic E-state index is -4.71. The predicted molar refractivity (Wildman–Crippen MR) is 96.2 cm³/mol. The van der Waals surface area contributed by atoms with Crippen molar-refractivity contribution in [1.82, 2.24) is 14.2 Å². The van der Waals surface area contributed by atoms with Gasteiger partial charge in [0.05, 0.1) is 11.4 Å². The molecule has 136 valence electrons. The fourth-order valence-corrected chi connectivity index (χ4v) is 3.09. The highest BCUT2D eigenvalue weighted by Gasteiger charge is 2.34. The van der Waals surface area contributed by atoms with Gasteiger partial charge in [-0.3, -0.25) is 4.79 Å².